The van der Waals surface area contributed by atoms with Gasteiger partial charge >= 0.3 is 0 Å². The zero-order valence-electron chi connectivity index (χ0n) is 10.8. The Morgan fingerprint density at radius 3 is 3.11 bits per heavy atom. The fourth-order valence-electron chi connectivity index (χ4n) is 2.28. The van der Waals surface area contributed by atoms with Gasteiger partial charge in [0.25, 0.3) is 0 Å². The number of hydrogen-bond acceptors (Lipinski definition) is 5. The van der Waals surface area contributed by atoms with E-state index in [1.807, 2.05) is 0 Å². The van der Waals surface area contributed by atoms with Crippen molar-refractivity contribution in [3.05, 3.63) is 27.9 Å². The molecule has 6 heteroatoms. The van der Waals surface area contributed by atoms with Gasteiger partial charge in [-0.2, -0.15) is 11.3 Å². The van der Waals surface area contributed by atoms with Gasteiger partial charge in [0.05, 0.1) is 5.69 Å². The molecule has 1 saturated heterocycles. The van der Waals surface area contributed by atoms with Gasteiger partial charge in [0, 0.05) is 48.5 Å². The number of aromatic nitrogens is 1. The summed E-state index contributed by atoms with van der Waals surface area (Å²) in [4.78, 5) is 7.21. The molecule has 2 aromatic heterocycles. The Balaban J connectivity index is 0.00000133. The van der Waals surface area contributed by atoms with Crippen LogP contribution in [0.3, 0.4) is 0 Å². The van der Waals surface area contributed by atoms with E-state index in [1.54, 1.807) is 22.7 Å². The average Bonchev–Trinajstić information content (AvgIpc) is 2.98. The predicted molar refractivity (Wildman–Crippen MR) is 85.4 cm³/mol. The van der Waals surface area contributed by atoms with Crippen molar-refractivity contribution < 1.29 is 0 Å². The quantitative estimate of drug-likeness (QED) is 0.943. The molecule has 1 fully saturated rings. The second kappa shape index (κ2) is 6.81. The smallest absolute Gasteiger partial charge is 0.124 e. The van der Waals surface area contributed by atoms with Crippen LogP contribution in [-0.4, -0.2) is 35.6 Å². The predicted octanol–water partition coefficient (Wildman–Crippen LogP) is 3.09. The maximum absolute atomic E-state index is 4.73. The summed E-state index contributed by atoms with van der Waals surface area (Å²) in [7, 11) is 0. The van der Waals surface area contributed by atoms with Crippen molar-refractivity contribution in [1.29, 1.82) is 0 Å². The molecule has 0 amide bonds. The molecule has 1 aliphatic rings. The van der Waals surface area contributed by atoms with Crippen molar-refractivity contribution in [3.63, 3.8) is 0 Å². The van der Waals surface area contributed by atoms with Crippen molar-refractivity contribution in [2.45, 2.75) is 19.5 Å². The minimum Gasteiger partial charge on any atom is -0.312 e. The Labute approximate surface area is 128 Å². The van der Waals surface area contributed by atoms with E-state index in [4.69, 9.17) is 4.98 Å². The highest BCUT2D eigenvalue weighted by Gasteiger charge is 2.16. The molecule has 1 N–H and O–H groups in total. The van der Waals surface area contributed by atoms with Gasteiger partial charge in [0.15, 0.2) is 0 Å². The van der Waals surface area contributed by atoms with Gasteiger partial charge < -0.3 is 5.32 Å². The van der Waals surface area contributed by atoms with E-state index in [9.17, 15) is 0 Å². The summed E-state index contributed by atoms with van der Waals surface area (Å²) in [5, 5.41) is 11.1. The van der Waals surface area contributed by atoms with E-state index in [2.05, 4.69) is 39.3 Å². The third-order valence-electron chi connectivity index (χ3n) is 3.16. The van der Waals surface area contributed by atoms with Gasteiger partial charge in [-0.3, -0.25) is 4.90 Å². The number of nitrogens with one attached hydrogen (secondary N) is 1. The number of rotatable bonds is 3. The molecule has 0 bridgehead atoms. The number of hydrogen-bond donors (Lipinski definition) is 1. The van der Waals surface area contributed by atoms with Gasteiger partial charge in [-0.15, -0.1) is 23.7 Å². The molecule has 1 aliphatic heterocycles. The van der Waals surface area contributed by atoms with Crippen LogP contribution in [-0.2, 0) is 6.54 Å². The second-order valence-corrected chi connectivity index (χ2v) is 6.38. The van der Waals surface area contributed by atoms with Gasteiger partial charge in [-0.05, 0) is 18.4 Å². The first kappa shape index (κ1) is 14.9. The van der Waals surface area contributed by atoms with E-state index < -0.39 is 0 Å². The van der Waals surface area contributed by atoms with Crippen molar-refractivity contribution in [2.75, 3.05) is 19.6 Å². The molecule has 0 aromatic carbocycles. The molecule has 2 aromatic rings. The van der Waals surface area contributed by atoms with E-state index in [0.29, 0.717) is 6.04 Å². The summed E-state index contributed by atoms with van der Waals surface area (Å²) < 4.78 is 0. The molecular formula is C13H18ClN3S2. The lowest BCUT2D eigenvalue weighted by atomic mass is 10.2. The number of thiophene rings is 1. The minimum absolute atomic E-state index is 0. The van der Waals surface area contributed by atoms with Gasteiger partial charge in [0.2, 0.25) is 0 Å². The number of thiazole rings is 1. The molecule has 3 heterocycles. The highest BCUT2D eigenvalue weighted by Crippen LogP contribution is 2.26. The molecule has 0 aliphatic carbocycles. The van der Waals surface area contributed by atoms with Crippen LogP contribution in [0, 0.1) is 0 Å². The summed E-state index contributed by atoms with van der Waals surface area (Å²) in [6.07, 6.45) is 0. The Hall–Kier alpha value is -0.460. The molecule has 0 spiro atoms. The summed E-state index contributed by atoms with van der Waals surface area (Å²) in [5.74, 6) is 0. The summed E-state index contributed by atoms with van der Waals surface area (Å²) in [6, 6.07) is 2.73. The van der Waals surface area contributed by atoms with Crippen molar-refractivity contribution in [1.82, 2.24) is 15.2 Å². The lowest BCUT2D eigenvalue weighted by molar-refractivity contribution is 0.198. The van der Waals surface area contributed by atoms with E-state index in [1.165, 1.54) is 11.3 Å². The highest BCUT2D eigenvalue weighted by atomic mass is 35.5. The SMILES string of the molecule is CC1CN(Cc2csc(-c3ccsc3)n2)CCN1.Cl. The molecule has 3 nitrogen and oxygen atoms in total. The van der Waals surface area contributed by atoms with Crippen LogP contribution < -0.4 is 5.32 Å². The Kier molecular flexibility index (Phi) is 5.36. The minimum atomic E-state index is 0. The third-order valence-corrected chi connectivity index (χ3v) is 4.78. The second-order valence-electron chi connectivity index (χ2n) is 4.75. The molecule has 19 heavy (non-hydrogen) atoms. The topological polar surface area (TPSA) is 28.2 Å². The molecule has 1 unspecified atom stereocenters. The third kappa shape index (κ3) is 3.77. The fourth-order valence-corrected chi connectivity index (χ4v) is 3.81. The lowest BCUT2D eigenvalue weighted by Gasteiger charge is -2.31. The molecule has 104 valence electrons. The van der Waals surface area contributed by atoms with E-state index in [0.717, 1.165) is 31.2 Å². The molecule has 0 saturated carbocycles. The fraction of sp³-hybridized carbons (Fsp3) is 0.462. The first-order valence-electron chi connectivity index (χ1n) is 6.24. The van der Waals surface area contributed by atoms with Crippen LogP contribution in [0.5, 0.6) is 0 Å². The standard InChI is InChI=1S/C13H17N3S2.ClH/c1-10-6-16(4-3-14-10)7-12-9-18-13(15-12)11-2-5-17-8-11;/h2,5,8-10,14H,3-4,6-7H2,1H3;1H. The summed E-state index contributed by atoms with van der Waals surface area (Å²) in [5.41, 5.74) is 2.46. The monoisotopic (exact) mass is 315 g/mol. The normalized spacial score (nSPS) is 20.2. The van der Waals surface area contributed by atoms with E-state index >= 15 is 0 Å². The molecule has 3 rings (SSSR count). The van der Waals surface area contributed by atoms with Crippen molar-refractivity contribution in [3.8, 4) is 10.6 Å². The maximum Gasteiger partial charge on any atom is 0.124 e. The van der Waals surface area contributed by atoms with E-state index in [-0.39, 0.29) is 12.4 Å². The number of piperazine rings is 1. The molecule has 1 atom stereocenters. The van der Waals surface area contributed by atoms with Crippen LogP contribution in [0.2, 0.25) is 0 Å². The van der Waals surface area contributed by atoms with Crippen LogP contribution in [0.1, 0.15) is 12.6 Å². The Morgan fingerprint density at radius 1 is 1.47 bits per heavy atom. The van der Waals surface area contributed by atoms with Crippen LogP contribution in [0.15, 0.2) is 22.2 Å². The zero-order chi connectivity index (χ0) is 12.4. The van der Waals surface area contributed by atoms with Gasteiger partial charge in [-0.25, -0.2) is 4.98 Å². The Morgan fingerprint density at radius 2 is 2.37 bits per heavy atom. The molecular weight excluding hydrogens is 298 g/mol. The zero-order valence-corrected chi connectivity index (χ0v) is 13.3. The summed E-state index contributed by atoms with van der Waals surface area (Å²) >= 11 is 3.48. The van der Waals surface area contributed by atoms with Crippen LogP contribution >= 0.6 is 35.1 Å². The van der Waals surface area contributed by atoms with Crippen LogP contribution in [0.25, 0.3) is 10.6 Å². The first-order chi connectivity index (χ1) is 8.81. The number of halogens is 1. The lowest BCUT2D eigenvalue weighted by Crippen LogP contribution is -2.48. The Bertz CT molecular complexity index is 498. The largest absolute Gasteiger partial charge is 0.312 e. The average molecular weight is 316 g/mol. The molecule has 0 radical (unpaired) electrons. The van der Waals surface area contributed by atoms with Crippen molar-refractivity contribution >= 4 is 35.1 Å². The maximum atomic E-state index is 4.73. The highest BCUT2D eigenvalue weighted by molar-refractivity contribution is 7.14. The first-order valence-corrected chi connectivity index (χ1v) is 8.06. The van der Waals surface area contributed by atoms with Gasteiger partial charge in [-0.1, -0.05) is 0 Å². The van der Waals surface area contributed by atoms with Crippen LogP contribution in [0.4, 0.5) is 0 Å². The van der Waals surface area contributed by atoms with Gasteiger partial charge in [0.1, 0.15) is 5.01 Å². The van der Waals surface area contributed by atoms with Crippen molar-refractivity contribution in [2.24, 2.45) is 0 Å². The summed E-state index contributed by atoms with van der Waals surface area (Å²) in [6.45, 7) is 6.54. The number of nitrogens with zero attached hydrogens (tertiary/aromatic N) is 2.